The summed E-state index contributed by atoms with van der Waals surface area (Å²) in [5.41, 5.74) is 14.0. The Balaban J connectivity index is 1.22. The van der Waals surface area contributed by atoms with Gasteiger partial charge in [0, 0.05) is 33.5 Å². The van der Waals surface area contributed by atoms with Crippen LogP contribution in [0, 0.1) is 0 Å². The maximum atomic E-state index is 2.41. The zero-order valence-corrected chi connectivity index (χ0v) is 27.5. The number of hydrogen-bond acceptors (Lipinski definition) is 1. The Morgan fingerprint density at radius 3 is 1.30 bits per heavy atom. The number of hydrogen-bond donors (Lipinski definition) is 0. The molecule has 50 heavy (non-hydrogen) atoms. The van der Waals surface area contributed by atoms with Gasteiger partial charge in [-0.05, 0) is 88.0 Å². The van der Waals surface area contributed by atoms with E-state index in [-0.39, 0.29) is 0 Å². The van der Waals surface area contributed by atoms with E-state index in [0.717, 1.165) is 22.7 Å². The number of para-hydroxylation sites is 1. The fourth-order valence-corrected chi connectivity index (χ4v) is 7.15. The van der Waals surface area contributed by atoms with Crippen LogP contribution in [-0.4, -0.2) is 4.57 Å². The SMILES string of the molecule is c1ccc(-c2ccc(N(c3ccc(-c4ccccc4)cc3)c3ccc4c5ccccc5n(-c5cccc(-c6ccccc6)c5)c4c3)cc2)cc1. The summed E-state index contributed by atoms with van der Waals surface area (Å²) >= 11 is 0. The van der Waals surface area contributed by atoms with Crippen molar-refractivity contribution in [3.63, 3.8) is 0 Å². The number of rotatable bonds is 7. The summed E-state index contributed by atoms with van der Waals surface area (Å²) in [6.45, 7) is 0. The van der Waals surface area contributed by atoms with E-state index in [1.165, 1.54) is 55.2 Å². The van der Waals surface area contributed by atoms with Crippen LogP contribution in [0.4, 0.5) is 17.1 Å². The van der Waals surface area contributed by atoms with E-state index in [9.17, 15) is 0 Å². The third-order valence-corrected chi connectivity index (χ3v) is 9.59. The average molecular weight is 639 g/mol. The molecule has 8 aromatic carbocycles. The Morgan fingerprint density at radius 2 is 0.720 bits per heavy atom. The number of aromatic nitrogens is 1. The van der Waals surface area contributed by atoms with Crippen molar-refractivity contribution in [1.29, 1.82) is 0 Å². The molecule has 0 N–H and O–H groups in total. The van der Waals surface area contributed by atoms with E-state index in [1.54, 1.807) is 0 Å². The van der Waals surface area contributed by atoms with E-state index in [4.69, 9.17) is 0 Å². The van der Waals surface area contributed by atoms with E-state index in [1.807, 2.05) is 0 Å². The summed E-state index contributed by atoms with van der Waals surface area (Å²) in [5.74, 6) is 0. The largest absolute Gasteiger partial charge is 0.310 e. The number of nitrogens with zero attached hydrogens (tertiary/aromatic N) is 2. The van der Waals surface area contributed by atoms with Gasteiger partial charge in [-0.25, -0.2) is 0 Å². The van der Waals surface area contributed by atoms with Gasteiger partial charge < -0.3 is 9.47 Å². The van der Waals surface area contributed by atoms with Crippen LogP contribution in [0.2, 0.25) is 0 Å². The van der Waals surface area contributed by atoms with Gasteiger partial charge in [-0.2, -0.15) is 0 Å². The van der Waals surface area contributed by atoms with Crippen LogP contribution >= 0.6 is 0 Å². The van der Waals surface area contributed by atoms with Crippen molar-refractivity contribution in [1.82, 2.24) is 4.57 Å². The summed E-state index contributed by atoms with van der Waals surface area (Å²) in [7, 11) is 0. The van der Waals surface area contributed by atoms with E-state index >= 15 is 0 Å². The Morgan fingerprint density at radius 1 is 0.280 bits per heavy atom. The predicted octanol–water partition coefficient (Wildman–Crippen LogP) is 13.3. The highest BCUT2D eigenvalue weighted by Gasteiger charge is 2.18. The van der Waals surface area contributed by atoms with Gasteiger partial charge in [0.25, 0.3) is 0 Å². The monoisotopic (exact) mass is 638 g/mol. The van der Waals surface area contributed by atoms with Gasteiger partial charge in [-0.3, -0.25) is 0 Å². The molecule has 0 aliphatic carbocycles. The van der Waals surface area contributed by atoms with Crippen LogP contribution in [-0.2, 0) is 0 Å². The molecule has 0 radical (unpaired) electrons. The Bertz CT molecular complexity index is 2470. The van der Waals surface area contributed by atoms with Crippen molar-refractivity contribution in [2.75, 3.05) is 4.90 Å². The standard InChI is InChI=1S/C48H34N2/c1-4-13-35(14-5-1)38-23-27-41(28-24-38)49(42-29-25-39(26-30-42)36-15-6-2-7-16-36)44-31-32-46-45-21-10-11-22-47(45)50(48(46)34-44)43-20-12-19-40(33-43)37-17-8-3-9-18-37/h1-34H. The molecule has 1 heterocycles. The lowest BCUT2D eigenvalue weighted by Gasteiger charge is -2.26. The molecule has 1 aromatic heterocycles. The second kappa shape index (κ2) is 12.8. The molecule has 0 atom stereocenters. The Hall–Kier alpha value is -6.64. The van der Waals surface area contributed by atoms with Crippen LogP contribution in [0.25, 0.3) is 60.9 Å². The van der Waals surface area contributed by atoms with E-state index in [2.05, 4.69) is 216 Å². The van der Waals surface area contributed by atoms with Gasteiger partial charge in [-0.15, -0.1) is 0 Å². The summed E-state index contributed by atoms with van der Waals surface area (Å²) < 4.78 is 2.41. The topological polar surface area (TPSA) is 8.17 Å². The molecule has 9 aromatic rings. The summed E-state index contributed by atoms with van der Waals surface area (Å²) in [4.78, 5) is 2.37. The van der Waals surface area contributed by atoms with Crippen LogP contribution in [0.3, 0.4) is 0 Å². The molecule has 0 spiro atoms. The second-order valence-corrected chi connectivity index (χ2v) is 12.6. The normalized spacial score (nSPS) is 11.2. The molecule has 2 heteroatoms. The zero-order chi connectivity index (χ0) is 33.3. The molecule has 9 rings (SSSR count). The molecule has 236 valence electrons. The van der Waals surface area contributed by atoms with Gasteiger partial charge in [0.1, 0.15) is 0 Å². The first-order chi connectivity index (χ1) is 24.8. The highest BCUT2D eigenvalue weighted by molar-refractivity contribution is 6.10. The first-order valence-corrected chi connectivity index (χ1v) is 17.1. The van der Waals surface area contributed by atoms with Gasteiger partial charge in [0.05, 0.1) is 11.0 Å². The Labute approximate surface area is 292 Å². The number of benzene rings is 8. The molecule has 0 amide bonds. The lowest BCUT2D eigenvalue weighted by atomic mass is 10.0. The van der Waals surface area contributed by atoms with E-state index < -0.39 is 0 Å². The molecular weight excluding hydrogens is 605 g/mol. The zero-order valence-electron chi connectivity index (χ0n) is 27.5. The molecule has 0 saturated heterocycles. The third kappa shape index (κ3) is 5.43. The first kappa shape index (κ1) is 29.5. The molecule has 0 fully saturated rings. The molecule has 0 unspecified atom stereocenters. The van der Waals surface area contributed by atoms with Crippen molar-refractivity contribution < 1.29 is 0 Å². The van der Waals surface area contributed by atoms with Crippen molar-refractivity contribution in [2.45, 2.75) is 0 Å². The molecule has 2 nitrogen and oxygen atoms in total. The fraction of sp³-hybridized carbons (Fsp3) is 0. The van der Waals surface area contributed by atoms with Crippen LogP contribution in [0.5, 0.6) is 0 Å². The summed E-state index contributed by atoms with van der Waals surface area (Å²) in [6, 6.07) is 74.1. The van der Waals surface area contributed by atoms with Gasteiger partial charge in [0.2, 0.25) is 0 Å². The lowest BCUT2D eigenvalue weighted by molar-refractivity contribution is 1.18. The molecule has 0 aliphatic heterocycles. The minimum atomic E-state index is 1.10. The quantitative estimate of drug-likeness (QED) is 0.169. The summed E-state index contributed by atoms with van der Waals surface area (Å²) in [6.07, 6.45) is 0. The predicted molar refractivity (Wildman–Crippen MR) is 212 cm³/mol. The van der Waals surface area contributed by atoms with Crippen molar-refractivity contribution in [3.05, 3.63) is 206 Å². The van der Waals surface area contributed by atoms with Crippen LogP contribution < -0.4 is 4.90 Å². The molecule has 0 bridgehead atoms. The highest BCUT2D eigenvalue weighted by Crippen LogP contribution is 2.41. The molecular formula is C48H34N2. The van der Waals surface area contributed by atoms with Gasteiger partial charge >= 0.3 is 0 Å². The maximum absolute atomic E-state index is 2.41. The Kier molecular flexibility index (Phi) is 7.53. The van der Waals surface area contributed by atoms with Crippen LogP contribution in [0.1, 0.15) is 0 Å². The van der Waals surface area contributed by atoms with Gasteiger partial charge in [0.15, 0.2) is 0 Å². The first-order valence-electron chi connectivity index (χ1n) is 17.1. The second-order valence-electron chi connectivity index (χ2n) is 12.6. The van der Waals surface area contributed by atoms with Crippen molar-refractivity contribution in [3.8, 4) is 39.1 Å². The molecule has 0 saturated carbocycles. The van der Waals surface area contributed by atoms with E-state index in [0.29, 0.717) is 0 Å². The smallest absolute Gasteiger partial charge is 0.0561 e. The number of fused-ring (bicyclic) bond motifs is 3. The molecule has 0 aliphatic rings. The van der Waals surface area contributed by atoms with Crippen molar-refractivity contribution in [2.24, 2.45) is 0 Å². The third-order valence-electron chi connectivity index (χ3n) is 9.59. The number of anilines is 3. The van der Waals surface area contributed by atoms with Crippen molar-refractivity contribution >= 4 is 38.9 Å². The summed E-state index contributed by atoms with van der Waals surface area (Å²) in [5, 5.41) is 2.47. The average Bonchev–Trinajstić information content (AvgIpc) is 3.53. The fourth-order valence-electron chi connectivity index (χ4n) is 7.15. The maximum Gasteiger partial charge on any atom is 0.0561 e. The van der Waals surface area contributed by atoms with Crippen LogP contribution in [0.15, 0.2) is 206 Å². The minimum Gasteiger partial charge on any atom is -0.310 e. The highest BCUT2D eigenvalue weighted by atomic mass is 15.1. The van der Waals surface area contributed by atoms with Gasteiger partial charge in [-0.1, -0.05) is 152 Å². The minimum absolute atomic E-state index is 1.10. The lowest BCUT2D eigenvalue weighted by Crippen LogP contribution is -2.10.